The van der Waals surface area contributed by atoms with Crippen molar-refractivity contribution in [1.29, 1.82) is 0 Å². The summed E-state index contributed by atoms with van der Waals surface area (Å²) in [6.45, 7) is 4.55. The van der Waals surface area contributed by atoms with E-state index >= 15 is 0 Å². The maximum Gasteiger partial charge on any atom is 0.151 e. The number of aliphatic hydroxyl groups is 1. The summed E-state index contributed by atoms with van der Waals surface area (Å²) in [5.74, 6) is 0.962. The molecule has 1 aromatic rings. The van der Waals surface area contributed by atoms with Crippen molar-refractivity contribution in [2.75, 3.05) is 31.2 Å². The van der Waals surface area contributed by atoms with Crippen molar-refractivity contribution in [3.05, 3.63) is 29.8 Å². The number of hydrogen-bond donors (Lipinski definition) is 2. The lowest BCUT2D eigenvalue weighted by molar-refractivity contribution is 0.107. The number of aliphatic hydroxyl groups excluding tert-OH is 1. The first kappa shape index (κ1) is 17.9. The second kappa shape index (κ2) is 9.02. The third kappa shape index (κ3) is 7.45. The summed E-state index contributed by atoms with van der Waals surface area (Å²) in [5.41, 5.74) is 1.24. The first-order valence-corrected chi connectivity index (χ1v) is 9.10. The zero-order valence-electron chi connectivity index (χ0n) is 12.7. The van der Waals surface area contributed by atoms with Crippen molar-refractivity contribution in [2.45, 2.75) is 26.4 Å². The van der Waals surface area contributed by atoms with Crippen molar-refractivity contribution < 1.29 is 18.3 Å². The molecule has 120 valence electrons. The van der Waals surface area contributed by atoms with Crippen molar-refractivity contribution in [3.63, 3.8) is 0 Å². The smallest absolute Gasteiger partial charge is 0.151 e. The number of nitrogens with one attached hydrogen (secondary N) is 1. The Morgan fingerprint density at radius 1 is 1.24 bits per heavy atom. The van der Waals surface area contributed by atoms with Gasteiger partial charge in [-0.3, -0.25) is 0 Å². The molecule has 1 rings (SSSR count). The molecule has 0 aromatic heterocycles. The molecule has 2 N–H and O–H groups in total. The summed E-state index contributed by atoms with van der Waals surface area (Å²) in [4.78, 5) is 0. The molecule has 0 aliphatic carbocycles. The molecule has 6 heteroatoms. The first-order chi connectivity index (χ1) is 9.96. The van der Waals surface area contributed by atoms with Gasteiger partial charge in [0.05, 0.1) is 5.75 Å². The summed E-state index contributed by atoms with van der Waals surface area (Å²) in [7, 11) is -2.95. The van der Waals surface area contributed by atoms with E-state index in [0.29, 0.717) is 13.1 Å². The zero-order chi connectivity index (χ0) is 15.7. The van der Waals surface area contributed by atoms with Crippen LogP contribution in [0.4, 0.5) is 0 Å². The van der Waals surface area contributed by atoms with Crippen LogP contribution in [-0.4, -0.2) is 50.8 Å². The molecule has 0 saturated carbocycles. The molecule has 1 unspecified atom stereocenters. The van der Waals surface area contributed by atoms with Gasteiger partial charge in [0.15, 0.2) is 9.84 Å². The zero-order valence-corrected chi connectivity index (χ0v) is 13.5. The molecule has 0 saturated heterocycles. The number of benzene rings is 1. The highest BCUT2D eigenvalue weighted by molar-refractivity contribution is 7.91. The third-order valence-electron chi connectivity index (χ3n) is 3.18. The van der Waals surface area contributed by atoms with Crippen LogP contribution in [0.15, 0.2) is 24.3 Å². The maximum atomic E-state index is 11.3. The number of hydrogen-bond acceptors (Lipinski definition) is 5. The van der Waals surface area contributed by atoms with Crippen molar-refractivity contribution in [3.8, 4) is 5.75 Å². The average Bonchev–Trinajstić information content (AvgIpc) is 2.50. The van der Waals surface area contributed by atoms with Gasteiger partial charge in [-0.15, -0.1) is 0 Å². The largest absolute Gasteiger partial charge is 0.491 e. The Morgan fingerprint density at radius 3 is 2.48 bits per heavy atom. The van der Waals surface area contributed by atoms with Gasteiger partial charge in [0.2, 0.25) is 0 Å². The molecule has 0 aliphatic rings. The van der Waals surface area contributed by atoms with Gasteiger partial charge >= 0.3 is 0 Å². The third-order valence-corrected chi connectivity index (χ3v) is 4.89. The molecule has 1 aromatic carbocycles. The Bertz CT molecular complexity index is 499. The Balaban J connectivity index is 2.20. The van der Waals surface area contributed by atoms with E-state index in [1.807, 2.05) is 24.3 Å². The van der Waals surface area contributed by atoms with Crippen LogP contribution in [0.25, 0.3) is 0 Å². The molecule has 0 amide bonds. The molecule has 1 atom stereocenters. The van der Waals surface area contributed by atoms with Crippen molar-refractivity contribution >= 4 is 9.84 Å². The van der Waals surface area contributed by atoms with Gasteiger partial charge in [-0.1, -0.05) is 26.0 Å². The highest BCUT2D eigenvalue weighted by Crippen LogP contribution is 2.12. The molecule has 0 aliphatic heterocycles. The van der Waals surface area contributed by atoms with Crippen LogP contribution < -0.4 is 10.1 Å². The minimum atomic E-state index is -2.95. The van der Waals surface area contributed by atoms with Gasteiger partial charge < -0.3 is 15.2 Å². The monoisotopic (exact) mass is 315 g/mol. The SMILES string of the molecule is CCc1ccc(OCC(O)CNCCS(=O)(=O)CC)cc1. The Morgan fingerprint density at radius 2 is 1.90 bits per heavy atom. The summed E-state index contributed by atoms with van der Waals surface area (Å²) in [6, 6.07) is 7.75. The predicted molar refractivity (Wildman–Crippen MR) is 84.5 cm³/mol. The topological polar surface area (TPSA) is 75.6 Å². The summed E-state index contributed by atoms with van der Waals surface area (Å²) < 4.78 is 28.0. The van der Waals surface area contributed by atoms with Gasteiger partial charge in [-0.25, -0.2) is 8.42 Å². The van der Waals surface area contributed by atoms with Gasteiger partial charge in [0.25, 0.3) is 0 Å². The van der Waals surface area contributed by atoms with Crippen molar-refractivity contribution in [2.24, 2.45) is 0 Å². The Labute approximate surface area is 127 Å². The molecule has 0 spiro atoms. The van der Waals surface area contributed by atoms with Crippen LogP contribution in [0, 0.1) is 0 Å². The molecular weight excluding hydrogens is 290 g/mol. The molecule has 5 nitrogen and oxygen atoms in total. The normalized spacial score (nSPS) is 13.1. The van der Waals surface area contributed by atoms with E-state index in [9.17, 15) is 13.5 Å². The van der Waals surface area contributed by atoms with Crippen LogP contribution >= 0.6 is 0 Å². The summed E-state index contributed by atoms with van der Waals surface area (Å²) in [6.07, 6.45) is 0.313. The minimum absolute atomic E-state index is 0.0928. The van der Waals surface area contributed by atoms with Crippen LogP contribution in [0.3, 0.4) is 0 Å². The Kier molecular flexibility index (Phi) is 7.71. The fourth-order valence-corrected chi connectivity index (χ4v) is 2.46. The van der Waals surface area contributed by atoms with Crippen molar-refractivity contribution in [1.82, 2.24) is 5.32 Å². The van der Waals surface area contributed by atoms with E-state index in [2.05, 4.69) is 12.2 Å². The summed E-state index contributed by atoms with van der Waals surface area (Å²) >= 11 is 0. The number of aryl methyl sites for hydroxylation is 1. The second-order valence-corrected chi connectivity index (χ2v) is 7.38. The van der Waals surface area contributed by atoms with E-state index in [-0.39, 0.29) is 18.1 Å². The number of rotatable bonds is 10. The lowest BCUT2D eigenvalue weighted by Crippen LogP contribution is -2.34. The average molecular weight is 315 g/mol. The van der Waals surface area contributed by atoms with E-state index in [4.69, 9.17) is 4.74 Å². The fraction of sp³-hybridized carbons (Fsp3) is 0.600. The molecule has 0 bridgehead atoms. The molecule has 0 fully saturated rings. The Hall–Kier alpha value is -1.11. The van der Waals surface area contributed by atoms with Gasteiger partial charge in [-0.05, 0) is 24.1 Å². The lowest BCUT2D eigenvalue weighted by atomic mass is 10.2. The standard InChI is InChI=1S/C15H25NO4S/c1-3-13-5-7-15(8-6-13)20-12-14(17)11-16-9-10-21(18,19)4-2/h5-8,14,16-17H,3-4,9-12H2,1-2H3. The minimum Gasteiger partial charge on any atom is -0.491 e. The fourth-order valence-electron chi connectivity index (χ4n) is 1.71. The van der Waals surface area contributed by atoms with Crippen LogP contribution in [-0.2, 0) is 16.3 Å². The van der Waals surface area contributed by atoms with E-state index < -0.39 is 15.9 Å². The van der Waals surface area contributed by atoms with E-state index in [0.717, 1.165) is 12.2 Å². The quantitative estimate of drug-likeness (QED) is 0.630. The van der Waals surface area contributed by atoms with Gasteiger partial charge in [0.1, 0.15) is 18.5 Å². The number of sulfone groups is 1. The highest BCUT2D eigenvalue weighted by Gasteiger charge is 2.08. The maximum absolute atomic E-state index is 11.3. The molecule has 0 radical (unpaired) electrons. The molecule has 0 heterocycles. The van der Waals surface area contributed by atoms with Gasteiger partial charge in [0, 0.05) is 18.8 Å². The molecule has 21 heavy (non-hydrogen) atoms. The lowest BCUT2D eigenvalue weighted by Gasteiger charge is -2.13. The predicted octanol–water partition coefficient (Wildman–Crippen LogP) is 1.01. The summed E-state index contributed by atoms with van der Waals surface area (Å²) in [5, 5.41) is 12.7. The molecular formula is C15H25NO4S. The second-order valence-electron chi connectivity index (χ2n) is 4.90. The van der Waals surface area contributed by atoms with Crippen LogP contribution in [0.5, 0.6) is 5.75 Å². The first-order valence-electron chi connectivity index (χ1n) is 7.27. The highest BCUT2D eigenvalue weighted by atomic mass is 32.2. The van der Waals surface area contributed by atoms with Gasteiger partial charge in [-0.2, -0.15) is 0 Å². The van der Waals surface area contributed by atoms with E-state index in [1.54, 1.807) is 6.92 Å². The van der Waals surface area contributed by atoms with Crippen LogP contribution in [0.2, 0.25) is 0 Å². The number of ether oxygens (including phenoxy) is 1. The van der Waals surface area contributed by atoms with E-state index in [1.165, 1.54) is 5.56 Å². The van der Waals surface area contributed by atoms with Crippen LogP contribution in [0.1, 0.15) is 19.4 Å².